The molecule has 0 spiro atoms. The van der Waals surface area contributed by atoms with E-state index >= 15 is 0 Å². The summed E-state index contributed by atoms with van der Waals surface area (Å²) in [6.07, 6.45) is 1.47. The zero-order valence-electron chi connectivity index (χ0n) is 17.2. The molecule has 1 aliphatic carbocycles. The maximum Gasteiger partial charge on any atom is 0.236 e. The van der Waals surface area contributed by atoms with E-state index in [1.54, 1.807) is 25.3 Å². The van der Waals surface area contributed by atoms with Crippen LogP contribution in [0.25, 0.3) is 11.1 Å². The first-order valence-electron chi connectivity index (χ1n) is 10.2. The molecule has 0 amide bonds. The number of halogens is 2. The molecule has 0 saturated carbocycles. The Bertz CT molecular complexity index is 1060. The van der Waals surface area contributed by atoms with Crippen LogP contribution in [0.2, 0.25) is 5.02 Å². The van der Waals surface area contributed by atoms with Crippen molar-refractivity contribution in [3.8, 4) is 22.9 Å². The molecule has 0 fully saturated rings. The van der Waals surface area contributed by atoms with Crippen LogP contribution in [-0.2, 0) is 13.0 Å². The van der Waals surface area contributed by atoms with Crippen LogP contribution in [0.15, 0.2) is 48.5 Å². The van der Waals surface area contributed by atoms with Crippen LogP contribution in [0.5, 0.6) is 11.8 Å². The first-order valence-corrected chi connectivity index (χ1v) is 10.6. The predicted molar refractivity (Wildman–Crippen MR) is 118 cm³/mol. The minimum Gasteiger partial charge on any atom is -0.481 e. The number of hydrogen-bond donors (Lipinski definition) is 2. The van der Waals surface area contributed by atoms with E-state index in [0.717, 1.165) is 35.1 Å². The van der Waals surface area contributed by atoms with Crippen molar-refractivity contribution >= 4 is 11.6 Å². The zero-order valence-corrected chi connectivity index (χ0v) is 18.0. The van der Waals surface area contributed by atoms with Gasteiger partial charge >= 0.3 is 0 Å². The van der Waals surface area contributed by atoms with Crippen molar-refractivity contribution in [2.24, 2.45) is 0 Å². The van der Waals surface area contributed by atoms with Crippen molar-refractivity contribution in [1.82, 2.24) is 10.3 Å². The molecule has 2 aromatic carbocycles. The number of fused-ring (bicyclic) bond motifs is 1. The molecule has 0 bridgehead atoms. The Morgan fingerprint density at radius 1 is 1.19 bits per heavy atom. The van der Waals surface area contributed by atoms with Gasteiger partial charge in [-0.05, 0) is 53.3 Å². The molecule has 162 valence electrons. The Kier molecular flexibility index (Phi) is 6.70. The van der Waals surface area contributed by atoms with E-state index in [4.69, 9.17) is 26.2 Å². The molecule has 3 aromatic rings. The maximum atomic E-state index is 13.3. The largest absolute Gasteiger partial charge is 0.481 e. The predicted octanol–water partition coefficient (Wildman–Crippen LogP) is 4.70. The third kappa shape index (κ3) is 4.66. The fourth-order valence-corrected chi connectivity index (χ4v) is 4.17. The Morgan fingerprint density at radius 2 is 2.00 bits per heavy atom. The number of hydrogen-bond acceptors (Lipinski definition) is 5. The molecule has 2 N–H and O–H groups in total. The molecule has 5 nitrogen and oxygen atoms in total. The third-order valence-corrected chi connectivity index (χ3v) is 5.68. The van der Waals surface area contributed by atoms with Gasteiger partial charge < -0.3 is 19.9 Å². The summed E-state index contributed by atoms with van der Waals surface area (Å²) < 4.78 is 25.0. The third-order valence-electron chi connectivity index (χ3n) is 5.41. The van der Waals surface area contributed by atoms with E-state index in [9.17, 15) is 4.39 Å². The van der Waals surface area contributed by atoms with Crippen LogP contribution in [-0.4, -0.2) is 30.4 Å². The summed E-state index contributed by atoms with van der Waals surface area (Å²) in [6.45, 7) is 0.990. The monoisotopic (exact) mass is 442 g/mol. The first-order chi connectivity index (χ1) is 15.1. The van der Waals surface area contributed by atoms with E-state index in [2.05, 4.69) is 22.4 Å². The molecule has 7 heteroatoms. The summed E-state index contributed by atoms with van der Waals surface area (Å²) in [6, 6.07) is 14.4. The number of benzene rings is 2. The van der Waals surface area contributed by atoms with E-state index in [-0.39, 0.29) is 18.5 Å². The molecule has 0 saturated heterocycles. The quantitative estimate of drug-likeness (QED) is 0.495. The average Bonchev–Trinajstić information content (AvgIpc) is 3.19. The summed E-state index contributed by atoms with van der Waals surface area (Å²) in [5.41, 5.74) is 5.15. The number of ether oxygens (including phenoxy) is 2. The minimum atomic E-state index is -0.248. The lowest BCUT2D eigenvalue weighted by molar-refractivity contribution is 0.196. The van der Waals surface area contributed by atoms with Gasteiger partial charge in [-0.3, -0.25) is 0 Å². The van der Waals surface area contributed by atoms with Gasteiger partial charge in [0.05, 0.1) is 13.7 Å². The zero-order chi connectivity index (χ0) is 21.8. The van der Waals surface area contributed by atoms with Crippen molar-refractivity contribution in [3.05, 3.63) is 76.1 Å². The SMILES string of the molecule is COc1nc(O[C@H]2CCc3c(-c4ccc(F)cc4)cccc32)c(Cl)cc1CNCCO. The number of aromatic nitrogens is 1. The highest BCUT2D eigenvalue weighted by Crippen LogP contribution is 2.41. The standard InChI is InChI=1S/C24H24ClFN2O3/c1-30-23-16(14-27-11-12-29)13-21(25)24(28-23)31-22-10-9-19-18(3-2-4-20(19)22)15-5-7-17(26)8-6-15/h2-8,13,22,27,29H,9-12,14H2,1H3/t22-/m0/s1. The molecule has 0 aliphatic heterocycles. The van der Waals surface area contributed by atoms with Gasteiger partial charge in [0.1, 0.15) is 16.9 Å². The second kappa shape index (κ2) is 9.64. The Balaban J connectivity index is 1.58. The summed E-state index contributed by atoms with van der Waals surface area (Å²) in [7, 11) is 1.55. The number of methoxy groups -OCH3 is 1. The second-order valence-corrected chi connectivity index (χ2v) is 7.78. The Labute approximate surface area is 185 Å². The normalized spacial score (nSPS) is 15.0. The van der Waals surface area contributed by atoms with Crippen molar-refractivity contribution in [1.29, 1.82) is 0 Å². The van der Waals surface area contributed by atoms with Crippen LogP contribution in [0.4, 0.5) is 4.39 Å². The molecule has 1 heterocycles. The summed E-state index contributed by atoms with van der Waals surface area (Å²) in [5, 5.41) is 12.4. The van der Waals surface area contributed by atoms with Gasteiger partial charge in [-0.1, -0.05) is 41.9 Å². The Hall–Kier alpha value is -2.67. The highest BCUT2D eigenvalue weighted by atomic mass is 35.5. The lowest BCUT2D eigenvalue weighted by atomic mass is 9.97. The molecule has 0 unspecified atom stereocenters. The molecule has 4 rings (SSSR count). The lowest BCUT2D eigenvalue weighted by Crippen LogP contribution is -2.18. The van der Waals surface area contributed by atoms with Crippen molar-refractivity contribution in [2.45, 2.75) is 25.5 Å². The number of pyridine rings is 1. The van der Waals surface area contributed by atoms with Crippen LogP contribution >= 0.6 is 11.6 Å². The van der Waals surface area contributed by atoms with Gasteiger partial charge in [0.25, 0.3) is 0 Å². The number of nitrogens with zero attached hydrogens (tertiary/aromatic N) is 1. The molecule has 1 atom stereocenters. The van der Waals surface area contributed by atoms with Gasteiger partial charge in [0, 0.05) is 18.7 Å². The van der Waals surface area contributed by atoms with Crippen molar-refractivity contribution in [2.75, 3.05) is 20.3 Å². The molecule has 1 aliphatic rings. The highest BCUT2D eigenvalue weighted by Gasteiger charge is 2.28. The number of rotatable bonds is 8. The van der Waals surface area contributed by atoms with E-state index in [1.165, 1.54) is 17.7 Å². The summed E-state index contributed by atoms with van der Waals surface area (Å²) in [4.78, 5) is 4.48. The van der Waals surface area contributed by atoms with Crippen molar-refractivity contribution in [3.63, 3.8) is 0 Å². The molecular weight excluding hydrogens is 419 g/mol. The van der Waals surface area contributed by atoms with Gasteiger partial charge in [-0.25, -0.2) is 4.39 Å². The fourth-order valence-electron chi connectivity index (χ4n) is 3.96. The number of aliphatic hydroxyl groups excluding tert-OH is 1. The number of aliphatic hydroxyl groups is 1. The summed E-state index contributed by atoms with van der Waals surface area (Å²) in [5.74, 6) is 0.514. The van der Waals surface area contributed by atoms with Crippen LogP contribution in [0.3, 0.4) is 0 Å². The van der Waals surface area contributed by atoms with E-state index in [1.807, 2.05) is 6.07 Å². The van der Waals surface area contributed by atoms with E-state index in [0.29, 0.717) is 29.9 Å². The molecule has 0 radical (unpaired) electrons. The lowest BCUT2D eigenvalue weighted by Gasteiger charge is -2.18. The Morgan fingerprint density at radius 3 is 2.74 bits per heavy atom. The van der Waals surface area contributed by atoms with Crippen LogP contribution in [0, 0.1) is 5.82 Å². The van der Waals surface area contributed by atoms with Crippen LogP contribution in [0.1, 0.15) is 29.2 Å². The highest BCUT2D eigenvalue weighted by molar-refractivity contribution is 6.31. The molecule has 1 aromatic heterocycles. The fraction of sp³-hybridized carbons (Fsp3) is 0.292. The summed E-state index contributed by atoms with van der Waals surface area (Å²) >= 11 is 6.46. The minimum absolute atomic E-state index is 0.0473. The van der Waals surface area contributed by atoms with Crippen molar-refractivity contribution < 1.29 is 19.0 Å². The molecular formula is C24H24ClFN2O3. The van der Waals surface area contributed by atoms with Gasteiger partial charge in [-0.2, -0.15) is 4.98 Å². The van der Waals surface area contributed by atoms with Gasteiger partial charge in [0.15, 0.2) is 0 Å². The second-order valence-electron chi connectivity index (χ2n) is 7.37. The van der Waals surface area contributed by atoms with E-state index < -0.39 is 0 Å². The van der Waals surface area contributed by atoms with Gasteiger partial charge in [0.2, 0.25) is 11.8 Å². The smallest absolute Gasteiger partial charge is 0.236 e. The molecule has 31 heavy (non-hydrogen) atoms. The average molecular weight is 443 g/mol. The first kappa shape index (κ1) is 21.6. The van der Waals surface area contributed by atoms with Gasteiger partial charge in [-0.15, -0.1) is 0 Å². The number of nitrogens with one attached hydrogen (secondary N) is 1. The maximum absolute atomic E-state index is 13.3. The topological polar surface area (TPSA) is 63.6 Å². The van der Waals surface area contributed by atoms with Crippen LogP contribution < -0.4 is 14.8 Å².